The Labute approximate surface area is 169 Å². The fourth-order valence-corrected chi connectivity index (χ4v) is 3.22. The van der Waals surface area contributed by atoms with Crippen molar-refractivity contribution in [2.75, 3.05) is 11.9 Å². The van der Waals surface area contributed by atoms with Crippen molar-refractivity contribution >= 4 is 11.7 Å². The third kappa shape index (κ3) is 4.61. The van der Waals surface area contributed by atoms with Gasteiger partial charge in [0.2, 0.25) is 5.91 Å². The van der Waals surface area contributed by atoms with E-state index in [9.17, 15) is 27.2 Å². The maximum Gasteiger partial charge on any atom is 0.522 e. The van der Waals surface area contributed by atoms with Crippen LogP contribution in [0.1, 0.15) is 13.8 Å². The number of hydrogen-bond acceptors (Lipinski definition) is 5. The van der Waals surface area contributed by atoms with E-state index in [1.54, 1.807) is 0 Å². The van der Waals surface area contributed by atoms with Gasteiger partial charge in [-0.1, -0.05) is 0 Å². The number of ether oxygens (including phenoxy) is 1. The smallest absolute Gasteiger partial charge is 0.358 e. The summed E-state index contributed by atoms with van der Waals surface area (Å²) in [5, 5.41) is 2.81. The molecule has 1 aliphatic heterocycles. The first-order valence-electron chi connectivity index (χ1n) is 9.12. The van der Waals surface area contributed by atoms with Crippen molar-refractivity contribution in [1.29, 1.82) is 0 Å². The zero-order valence-corrected chi connectivity index (χ0v) is 16.4. The summed E-state index contributed by atoms with van der Waals surface area (Å²) in [6, 6.07) is 5.47. The van der Waals surface area contributed by atoms with Gasteiger partial charge in [0, 0.05) is 19.7 Å². The fraction of sp³-hybridized carbons (Fsp3) is 0.421. The predicted molar refractivity (Wildman–Crippen MR) is 100 cm³/mol. The van der Waals surface area contributed by atoms with Crippen molar-refractivity contribution in [3.63, 3.8) is 0 Å². The van der Waals surface area contributed by atoms with Gasteiger partial charge in [-0.05, 0) is 43.7 Å². The lowest BCUT2D eigenvalue weighted by Crippen LogP contribution is -2.65. The van der Waals surface area contributed by atoms with Gasteiger partial charge in [-0.15, -0.1) is 13.2 Å². The standard InChI is InChI=1S/C19H20F4N4O3/c1-10(17(28)27-9-15(11(27)2)30-19(21,22)23)24-16-8-14(26(3)18(29)25-16)12-4-6-13(20)7-5-12/h4-8,10-11,15H,9H2,1-3H3,(H,24,25,29)/t10-,11+,15+/m1/s1. The first-order valence-corrected chi connectivity index (χ1v) is 9.12. The molecule has 0 bridgehead atoms. The van der Waals surface area contributed by atoms with Crippen molar-refractivity contribution in [2.24, 2.45) is 7.05 Å². The lowest BCUT2D eigenvalue weighted by atomic mass is 10.00. The minimum absolute atomic E-state index is 0.120. The molecule has 1 saturated heterocycles. The summed E-state index contributed by atoms with van der Waals surface area (Å²) in [4.78, 5) is 29.9. The van der Waals surface area contributed by atoms with E-state index in [1.165, 1.54) is 60.7 Å². The molecule has 0 saturated carbocycles. The van der Waals surface area contributed by atoms with Crippen LogP contribution >= 0.6 is 0 Å². The minimum Gasteiger partial charge on any atom is -0.358 e. The third-order valence-electron chi connectivity index (χ3n) is 4.99. The van der Waals surface area contributed by atoms with E-state index in [0.717, 1.165) is 0 Å². The Morgan fingerprint density at radius 2 is 1.93 bits per heavy atom. The van der Waals surface area contributed by atoms with E-state index in [2.05, 4.69) is 15.0 Å². The highest BCUT2D eigenvalue weighted by Crippen LogP contribution is 2.29. The number of aromatic nitrogens is 2. The number of halogens is 4. The van der Waals surface area contributed by atoms with Crippen molar-refractivity contribution in [1.82, 2.24) is 14.5 Å². The Morgan fingerprint density at radius 3 is 2.50 bits per heavy atom. The van der Waals surface area contributed by atoms with Crippen LogP contribution < -0.4 is 11.0 Å². The maximum absolute atomic E-state index is 13.2. The molecule has 30 heavy (non-hydrogen) atoms. The first kappa shape index (κ1) is 21.8. The van der Waals surface area contributed by atoms with E-state index in [1.807, 2.05) is 0 Å². The molecule has 0 radical (unpaired) electrons. The van der Waals surface area contributed by atoms with Crippen molar-refractivity contribution < 1.29 is 27.1 Å². The van der Waals surface area contributed by atoms with Gasteiger partial charge in [0.15, 0.2) is 0 Å². The molecule has 0 unspecified atom stereocenters. The zero-order valence-electron chi connectivity index (χ0n) is 16.4. The Kier molecular flexibility index (Phi) is 5.84. The van der Waals surface area contributed by atoms with Gasteiger partial charge in [0.05, 0.1) is 11.7 Å². The Balaban J connectivity index is 1.73. The molecule has 1 fully saturated rings. The molecule has 11 heteroatoms. The summed E-state index contributed by atoms with van der Waals surface area (Å²) in [6.45, 7) is 2.80. The molecule has 0 aliphatic carbocycles. The molecule has 1 aromatic carbocycles. The van der Waals surface area contributed by atoms with E-state index < -0.39 is 42.0 Å². The molecule has 7 nitrogen and oxygen atoms in total. The first-order chi connectivity index (χ1) is 14.0. The topological polar surface area (TPSA) is 76.5 Å². The summed E-state index contributed by atoms with van der Waals surface area (Å²) >= 11 is 0. The number of likely N-dealkylation sites (tertiary alicyclic amines) is 1. The van der Waals surface area contributed by atoms with Crippen LogP contribution in [-0.4, -0.2) is 51.5 Å². The van der Waals surface area contributed by atoms with Crippen molar-refractivity contribution in [3.05, 3.63) is 46.6 Å². The number of carbonyl (C=O) groups excluding carboxylic acids is 1. The Bertz CT molecular complexity index is 991. The molecule has 1 N–H and O–H groups in total. The van der Waals surface area contributed by atoms with Gasteiger partial charge >= 0.3 is 12.1 Å². The van der Waals surface area contributed by atoms with Crippen LogP contribution in [0.15, 0.2) is 35.1 Å². The SMILES string of the molecule is C[C@@H](Nc1cc(-c2ccc(F)cc2)n(C)c(=O)n1)C(=O)N1C[C@H](OC(F)(F)F)[C@@H]1C. The highest BCUT2D eigenvalue weighted by atomic mass is 19.4. The second kappa shape index (κ2) is 8.05. The summed E-state index contributed by atoms with van der Waals surface area (Å²) in [5.74, 6) is -0.753. The number of benzene rings is 1. The maximum atomic E-state index is 13.2. The minimum atomic E-state index is -4.76. The number of nitrogens with zero attached hydrogens (tertiary/aromatic N) is 3. The van der Waals surface area contributed by atoms with Crippen molar-refractivity contribution in [3.8, 4) is 11.3 Å². The zero-order chi connectivity index (χ0) is 22.2. The van der Waals surface area contributed by atoms with Crippen LogP contribution in [-0.2, 0) is 16.6 Å². The van der Waals surface area contributed by atoms with Crippen LogP contribution in [0.2, 0.25) is 0 Å². The molecular formula is C19H20F4N4O3. The summed E-state index contributed by atoms with van der Waals surface area (Å²) in [5.41, 5.74) is 0.437. The van der Waals surface area contributed by atoms with Crippen LogP contribution in [0, 0.1) is 5.82 Å². The van der Waals surface area contributed by atoms with E-state index >= 15 is 0 Å². The highest BCUT2D eigenvalue weighted by molar-refractivity contribution is 5.85. The van der Waals surface area contributed by atoms with Gasteiger partial charge in [0.25, 0.3) is 0 Å². The van der Waals surface area contributed by atoms with Gasteiger partial charge in [-0.25, -0.2) is 9.18 Å². The monoisotopic (exact) mass is 428 g/mol. The molecule has 1 aliphatic rings. The molecular weight excluding hydrogens is 408 g/mol. The third-order valence-corrected chi connectivity index (χ3v) is 4.99. The number of alkyl halides is 3. The Morgan fingerprint density at radius 1 is 1.30 bits per heavy atom. The number of nitrogens with one attached hydrogen (secondary N) is 1. The molecule has 162 valence electrons. The van der Waals surface area contributed by atoms with Crippen LogP contribution in [0.3, 0.4) is 0 Å². The lowest BCUT2D eigenvalue weighted by Gasteiger charge is -2.46. The van der Waals surface area contributed by atoms with Gasteiger partial charge in [-0.3, -0.25) is 14.1 Å². The average molecular weight is 428 g/mol. The number of anilines is 1. The van der Waals surface area contributed by atoms with Gasteiger partial charge in [0.1, 0.15) is 23.8 Å². The average Bonchev–Trinajstić information content (AvgIpc) is 2.66. The summed E-state index contributed by atoms with van der Waals surface area (Å²) in [7, 11) is 1.51. The van der Waals surface area contributed by atoms with Gasteiger partial charge < -0.3 is 10.2 Å². The second-order valence-electron chi connectivity index (χ2n) is 7.07. The molecule has 3 atom stereocenters. The molecule has 3 rings (SSSR count). The van der Waals surface area contributed by atoms with Crippen LogP contribution in [0.5, 0.6) is 0 Å². The van der Waals surface area contributed by atoms with Crippen LogP contribution in [0.25, 0.3) is 11.3 Å². The molecule has 2 aromatic rings. The highest BCUT2D eigenvalue weighted by Gasteiger charge is 2.46. The lowest BCUT2D eigenvalue weighted by molar-refractivity contribution is -0.359. The van der Waals surface area contributed by atoms with Crippen molar-refractivity contribution in [2.45, 2.75) is 38.4 Å². The summed E-state index contributed by atoms with van der Waals surface area (Å²) < 4.78 is 55.5. The fourth-order valence-electron chi connectivity index (χ4n) is 3.22. The van der Waals surface area contributed by atoms with Gasteiger partial charge in [-0.2, -0.15) is 4.98 Å². The number of carbonyl (C=O) groups is 1. The largest absolute Gasteiger partial charge is 0.522 e. The Hall–Kier alpha value is -2.95. The van der Waals surface area contributed by atoms with E-state index in [4.69, 9.17) is 0 Å². The molecule has 0 spiro atoms. The molecule has 1 aromatic heterocycles. The quantitative estimate of drug-likeness (QED) is 0.741. The van der Waals surface area contributed by atoms with E-state index in [-0.39, 0.29) is 12.4 Å². The van der Waals surface area contributed by atoms with E-state index in [0.29, 0.717) is 11.3 Å². The molecule has 1 amide bonds. The normalized spacial score (nSPS) is 19.9. The second-order valence-corrected chi connectivity index (χ2v) is 7.07. The number of amides is 1. The number of hydrogen-bond donors (Lipinski definition) is 1. The predicted octanol–water partition coefficient (Wildman–Crippen LogP) is 2.52. The summed E-state index contributed by atoms with van der Waals surface area (Å²) in [6.07, 6.45) is -5.88. The number of rotatable bonds is 5. The van der Waals surface area contributed by atoms with Crippen LogP contribution in [0.4, 0.5) is 23.4 Å². The molecule has 2 heterocycles.